The van der Waals surface area contributed by atoms with Gasteiger partial charge in [0.05, 0.1) is 15.1 Å². The molecule has 0 aliphatic rings. The maximum atomic E-state index is 6.11. The fourth-order valence-electron chi connectivity index (χ4n) is 1.89. The van der Waals surface area contributed by atoms with E-state index in [4.69, 9.17) is 45.3 Å². The van der Waals surface area contributed by atoms with Crippen LogP contribution in [-0.4, -0.2) is 6.04 Å². The van der Waals surface area contributed by atoms with Crippen LogP contribution in [0.25, 0.3) is 0 Å². The van der Waals surface area contributed by atoms with E-state index < -0.39 is 0 Å². The third-order valence-electron chi connectivity index (χ3n) is 3.12. The van der Waals surface area contributed by atoms with Gasteiger partial charge in [-0.05, 0) is 36.6 Å². The van der Waals surface area contributed by atoms with Crippen molar-refractivity contribution < 1.29 is 4.74 Å². The number of rotatable bonds is 5. The van der Waals surface area contributed by atoms with Crippen molar-refractivity contribution in [1.82, 2.24) is 0 Å². The molecule has 21 heavy (non-hydrogen) atoms. The lowest BCUT2D eigenvalue weighted by Crippen LogP contribution is -2.21. The molecule has 0 aromatic heterocycles. The highest BCUT2D eigenvalue weighted by Gasteiger charge is 2.09. The molecule has 2 rings (SSSR count). The minimum Gasteiger partial charge on any atom is -0.456 e. The van der Waals surface area contributed by atoms with Crippen molar-refractivity contribution in [3.63, 3.8) is 0 Å². The lowest BCUT2D eigenvalue weighted by molar-refractivity contribution is 0.482. The molecule has 2 aromatic rings. The van der Waals surface area contributed by atoms with Crippen LogP contribution < -0.4 is 10.5 Å². The number of hydrogen-bond donors (Lipinski definition) is 1. The van der Waals surface area contributed by atoms with Crippen molar-refractivity contribution in [2.45, 2.75) is 25.8 Å². The van der Waals surface area contributed by atoms with Gasteiger partial charge in [-0.15, -0.1) is 0 Å². The smallest absolute Gasteiger partial charge is 0.147 e. The Morgan fingerprint density at radius 2 is 1.76 bits per heavy atom. The van der Waals surface area contributed by atoms with Crippen molar-refractivity contribution in [3.8, 4) is 11.5 Å². The van der Waals surface area contributed by atoms with Gasteiger partial charge in [-0.1, -0.05) is 53.9 Å². The molecule has 2 aromatic carbocycles. The molecule has 2 N–H and O–H groups in total. The molecule has 0 saturated carbocycles. The molecule has 1 unspecified atom stereocenters. The van der Waals surface area contributed by atoms with E-state index in [2.05, 4.69) is 6.92 Å². The van der Waals surface area contributed by atoms with E-state index in [9.17, 15) is 0 Å². The Bertz CT molecular complexity index is 631. The quantitative estimate of drug-likeness (QED) is 0.704. The summed E-state index contributed by atoms with van der Waals surface area (Å²) in [4.78, 5) is 0. The summed E-state index contributed by atoms with van der Waals surface area (Å²) in [7, 11) is 0. The van der Waals surface area contributed by atoms with Gasteiger partial charge in [0.15, 0.2) is 0 Å². The maximum Gasteiger partial charge on any atom is 0.147 e. The average Bonchev–Trinajstić information content (AvgIpc) is 2.45. The minimum absolute atomic E-state index is 0.147. The van der Waals surface area contributed by atoms with Gasteiger partial charge in [0.25, 0.3) is 0 Å². The number of nitrogens with two attached hydrogens (primary N) is 1. The van der Waals surface area contributed by atoms with Crippen LogP contribution in [0.3, 0.4) is 0 Å². The zero-order valence-corrected chi connectivity index (χ0v) is 13.8. The first-order chi connectivity index (χ1) is 9.99. The van der Waals surface area contributed by atoms with Gasteiger partial charge in [0.1, 0.15) is 11.5 Å². The molecule has 0 aliphatic heterocycles. The third kappa shape index (κ3) is 4.52. The van der Waals surface area contributed by atoms with Crippen molar-refractivity contribution in [2.75, 3.05) is 0 Å². The second kappa shape index (κ2) is 7.37. The molecule has 5 heteroatoms. The minimum atomic E-state index is 0.147. The lowest BCUT2D eigenvalue weighted by atomic mass is 10.0. The molecular weight excluding hydrogens is 329 g/mol. The summed E-state index contributed by atoms with van der Waals surface area (Å²) >= 11 is 18.0. The normalized spacial score (nSPS) is 12.2. The molecule has 0 radical (unpaired) electrons. The summed E-state index contributed by atoms with van der Waals surface area (Å²) in [5.41, 5.74) is 7.10. The van der Waals surface area contributed by atoms with Crippen molar-refractivity contribution >= 4 is 34.8 Å². The second-order valence-electron chi connectivity index (χ2n) is 4.82. The standard InChI is InChI=1S/C16H16Cl3NO/c1-2-11(20)6-10-4-3-5-12(7-10)21-16-9-14(18)13(17)8-15(16)19/h3-5,7-9,11H,2,6,20H2,1H3. The maximum absolute atomic E-state index is 6.11. The van der Waals surface area contributed by atoms with Gasteiger partial charge in [-0.2, -0.15) is 0 Å². The van der Waals surface area contributed by atoms with Crippen LogP contribution in [-0.2, 0) is 6.42 Å². The highest BCUT2D eigenvalue weighted by atomic mass is 35.5. The van der Waals surface area contributed by atoms with Crippen LogP contribution in [0.1, 0.15) is 18.9 Å². The van der Waals surface area contributed by atoms with E-state index >= 15 is 0 Å². The predicted octanol–water partition coefficient (Wildman–Crippen LogP) is 5.72. The van der Waals surface area contributed by atoms with Crippen molar-refractivity contribution in [2.24, 2.45) is 5.73 Å². The van der Waals surface area contributed by atoms with Crippen LogP contribution in [0.2, 0.25) is 15.1 Å². The molecular formula is C16H16Cl3NO. The van der Waals surface area contributed by atoms with Crippen LogP contribution >= 0.6 is 34.8 Å². The highest BCUT2D eigenvalue weighted by molar-refractivity contribution is 6.43. The van der Waals surface area contributed by atoms with Crippen LogP contribution in [0.15, 0.2) is 36.4 Å². The first-order valence-electron chi connectivity index (χ1n) is 6.66. The topological polar surface area (TPSA) is 35.2 Å². The largest absolute Gasteiger partial charge is 0.456 e. The van der Waals surface area contributed by atoms with E-state index in [0.29, 0.717) is 26.6 Å². The van der Waals surface area contributed by atoms with Gasteiger partial charge in [-0.3, -0.25) is 0 Å². The Balaban J connectivity index is 2.20. The molecule has 0 amide bonds. The molecule has 0 aliphatic carbocycles. The van der Waals surface area contributed by atoms with E-state index in [1.165, 1.54) is 0 Å². The summed E-state index contributed by atoms with van der Waals surface area (Å²) < 4.78 is 5.78. The molecule has 0 spiro atoms. The summed E-state index contributed by atoms with van der Waals surface area (Å²) in [6, 6.07) is 11.1. The van der Waals surface area contributed by atoms with Gasteiger partial charge in [-0.25, -0.2) is 0 Å². The molecule has 0 saturated heterocycles. The van der Waals surface area contributed by atoms with E-state index in [1.54, 1.807) is 12.1 Å². The first kappa shape index (κ1) is 16.4. The Hall–Kier alpha value is -0.930. The summed E-state index contributed by atoms with van der Waals surface area (Å²) in [6.07, 6.45) is 1.74. The number of hydrogen-bond acceptors (Lipinski definition) is 2. The molecule has 2 nitrogen and oxygen atoms in total. The zero-order chi connectivity index (χ0) is 15.4. The second-order valence-corrected chi connectivity index (χ2v) is 6.04. The van der Waals surface area contributed by atoms with Crippen LogP contribution in [0.4, 0.5) is 0 Å². The summed E-state index contributed by atoms with van der Waals surface area (Å²) in [6.45, 7) is 2.07. The van der Waals surface area contributed by atoms with Crippen LogP contribution in [0, 0.1) is 0 Å². The number of halogens is 3. The van der Waals surface area contributed by atoms with E-state index in [1.807, 2.05) is 24.3 Å². The van der Waals surface area contributed by atoms with Gasteiger partial charge in [0, 0.05) is 12.1 Å². The summed E-state index contributed by atoms with van der Waals surface area (Å²) in [5, 5.41) is 1.22. The van der Waals surface area contributed by atoms with E-state index in [0.717, 1.165) is 18.4 Å². The first-order valence-corrected chi connectivity index (χ1v) is 7.80. The Labute approximate surface area is 139 Å². The molecule has 0 heterocycles. The molecule has 1 atom stereocenters. The summed E-state index contributed by atoms with van der Waals surface area (Å²) in [5.74, 6) is 1.17. The van der Waals surface area contributed by atoms with Crippen molar-refractivity contribution in [3.05, 3.63) is 57.0 Å². The Kier molecular flexibility index (Phi) is 5.77. The fraction of sp³-hybridized carbons (Fsp3) is 0.250. The zero-order valence-electron chi connectivity index (χ0n) is 11.6. The lowest BCUT2D eigenvalue weighted by Gasteiger charge is -2.12. The predicted molar refractivity (Wildman–Crippen MR) is 90.0 cm³/mol. The SMILES string of the molecule is CCC(N)Cc1cccc(Oc2cc(Cl)c(Cl)cc2Cl)c1. The molecule has 0 bridgehead atoms. The van der Waals surface area contributed by atoms with Gasteiger partial charge in [0.2, 0.25) is 0 Å². The number of ether oxygens (including phenoxy) is 1. The van der Waals surface area contributed by atoms with Gasteiger partial charge < -0.3 is 10.5 Å². The average molecular weight is 345 g/mol. The fourth-order valence-corrected chi connectivity index (χ4v) is 2.47. The molecule has 112 valence electrons. The number of benzene rings is 2. The molecule has 0 fully saturated rings. The highest BCUT2D eigenvalue weighted by Crippen LogP contribution is 2.36. The van der Waals surface area contributed by atoms with Crippen LogP contribution in [0.5, 0.6) is 11.5 Å². The Morgan fingerprint density at radius 1 is 1.05 bits per heavy atom. The Morgan fingerprint density at radius 3 is 2.48 bits per heavy atom. The van der Waals surface area contributed by atoms with Crippen molar-refractivity contribution in [1.29, 1.82) is 0 Å². The third-order valence-corrected chi connectivity index (χ3v) is 4.14. The van der Waals surface area contributed by atoms with E-state index in [-0.39, 0.29) is 6.04 Å². The van der Waals surface area contributed by atoms with Gasteiger partial charge >= 0.3 is 0 Å². The monoisotopic (exact) mass is 343 g/mol.